The van der Waals surface area contributed by atoms with Crippen molar-refractivity contribution < 1.29 is 18.1 Å². The Hall–Kier alpha value is -2.24. The van der Waals surface area contributed by atoms with E-state index in [0.29, 0.717) is 30.5 Å². The molecule has 0 amide bonds. The lowest BCUT2D eigenvalue weighted by atomic mass is 9.87. The summed E-state index contributed by atoms with van der Waals surface area (Å²) < 4.78 is 45.5. The number of halogens is 2. The highest BCUT2D eigenvalue weighted by Gasteiger charge is 2.39. The summed E-state index contributed by atoms with van der Waals surface area (Å²) in [5.41, 5.74) is 0.615. The number of alkyl halides is 1. The van der Waals surface area contributed by atoms with Gasteiger partial charge in [0.05, 0.1) is 41.8 Å². The lowest BCUT2D eigenvalue weighted by Gasteiger charge is -2.34. The SMILES string of the molecule is Cc1nc2c(F)cc(C3=NC(N[C@@H]4CCN([SH]=O)C[C@H]4O)=NCC3(C)F)c3c2n1[C@H](C)CC3. The van der Waals surface area contributed by atoms with Gasteiger partial charge in [0.15, 0.2) is 11.5 Å². The normalized spacial score (nSPS) is 30.3. The summed E-state index contributed by atoms with van der Waals surface area (Å²) in [7, 11) is 0. The third-order valence-corrected chi connectivity index (χ3v) is 7.53. The van der Waals surface area contributed by atoms with E-state index in [1.54, 1.807) is 4.31 Å². The maximum atomic E-state index is 15.7. The number of piperidine rings is 1. The fourth-order valence-corrected chi connectivity index (χ4v) is 5.62. The van der Waals surface area contributed by atoms with E-state index in [2.05, 4.69) is 27.2 Å². The lowest BCUT2D eigenvalue weighted by Crippen LogP contribution is -2.54. The molecule has 3 aliphatic heterocycles. The third-order valence-electron chi connectivity index (χ3n) is 6.93. The minimum absolute atomic E-state index is 0.123. The highest BCUT2D eigenvalue weighted by Crippen LogP contribution is 2.38. The highest BCUT2D eigenvalue weighted by molar-refractivity contribution is 7.63. The zero-order valence-electron chi connectivity index (χ0n) is 18.8. The van der Waals surface area contributed by atoms with Crippen molar-refractivity contribution in [1.29, 1.82) is 0 Å². The maximum absolute atomic E-state index is 15.7. The van der Waals surface area contributed by atoms with Crippen molar-refractivity contribution in [3.8, 4) is 0 Å². The first-order valence-corrected chi connectivity index (χ1v) is 12.0. The van der Waals surface area contributed by atoms with Crippen LogP contribution >= 0.6 is 0 Å². The van der Waals surface area contributed by atoms with Crippen molar-refractivity contribution in [2.45, 2.75) is 63.9 Å². The Balaban J connectivity index is 1.55. The number of thiol groups is 1. The first-order chi connectivity index (χ1) is 15.7. The smallest absolute Gasteiger partial charge is 0.218 e. The van der Waals surface area contributed by atoms with Gasteiger partial charge in [-0.05, 0) is 51.7 Å². The number of aromatic nitrogens is 2. The summed E-state index contributed by atoms with van der Waals surface area (Å²) >= 11 is -0.123. The van der Waals surface area contributed by atoms with E-state index in [1.165, 1.54) is 13.0 Å². The van der Waals surface area contributed by atoms with Gasteiger partial charge in [0.2, 0.25) is 5.96 Å². The molecule has 0 bridgehead atoms. The number of nitrogens with one attached hydrogen (secondary N) is 1. The van der Waals surface area contributed by atoms with Crippen LogP contribution in [-0.2, 0) is 18.3 Å². The van der Waals surface area contributed by atoms with Gasteiger partial charge >= 0.3 is 0 Å². The molecule has 1 unspecified atom stereocenters. The molecule has 8 nitrogen and oxygen atoms in total. The summed E-state index contributed by atoms with van der Waals surface area (Å²) in [4.78, 5) is 13.2. The molecule has 1 aromatic carbocycles. The quantitative estimate of drug-likeness (QED) is 0.586. The zero-order valence-corrected chi connectivity index (χ0v) is 19.7. The van der Waals surface area contributed by atoms with Crippen LogP contribution in [0.3, 0.4) is 0 Å². The third kappa shape index (κ3) is 3.79. The summed E-state index contributed by atoms with van der Waals surface area (Å²) in [5.74, 6) is 0.471. The molecule has 4 atom stereocenters. The fraction of sp³-hybridized carbons (Fsp3) is 0.591. The van der Waals surface area contributed by atoms with Gasteiger partial charge in [0.25, 0.3) is 0 Å². The summed E-state index contributed by atoms with van der Waals surface area (Å²) in [6, 6.07) is 1.19. The predicted molar refractivity (Wildman–Crippen MR) is 124 cm³/mol. The van der Waals surface area contributed by atoms with Gasteiger partial charge in [-0.1, -0.05) is 0 Å². The van der Waals surface area contributed by atoms with Gasteiger partial charge in [-0.25, -0.2) is 32.3 Å². The van der Waals surface area contributed by atoms with E-state index in [1.807, 2.05) is 11.5 Å². The largest absolute Gasteiger partial charge is 0.390 e. The molecule has 1 aromatic heterocycles. The molecular formula is C22H28F2N6O2S. The molecular weight excluding hydrogens is 450 g/mol. The van der Waals surface area contributed by atoms with Crippen LogP contribution in [0, 0.1) is 12.7 Å². The number of rotatable bonds is 3. The molecule has 5 rings (SSSR count). The van der Waals surface area contributed by atoms with Crippen LogP contribution in [0.25, 0.3) is 11.0 Å². The van der Waals surface area contributed by atoms with Crippen LogP contribution in [0.15, 0.2) is 16.1 Å². The Kier molecular flexibility index (Phi) is 5.61. The van der Waals surface area contributed by atoms with Crippen LogP contribution in [0.2, 0.25) is 0 Å². The first kappa shape index (κ1) is 22.5. The van der Waals surface area contributed by atoms with Gasteiger partial charge in [-0.3, -0.25) is 0 Å². The molecule has 0 spiro atoms. The minimum atomic E-state index is -1.87. The zero-order chi connectivity index (χ0) is 23.5. The number of hydrogen-bond donors (Lipinski definition) is 3. The van der Waals surface area contributed by atoms with E-state index in [4.69, 9.17) is 0 Å². The predicted octanol–water partition coefficient (Wildman–Crippen LogP) is 1.76. The molecule has 1 saturated heterocycles. The van der Waals surface area contributed by atoms with Crippen molar-refractivity contribution in [3.63, 3.8) is 0 Å². The van der Waals surface area contributed by atoms with Gasteiger partial charge in [0.1, 0.15) is 11.3 Å². The second-order valence-electron chi connectivity index (χ2n) is 9.40. The average Bonchev–Trinajstić information content (AvgIpc) is 3.13. The molecule has 0 radical (unpaired) electrons. The molecule has 11 heteroatoms. The Morgan fingerprint density at radius 2 is 2.15 bits per heavy atom. The Bertz CT molecular complexity index is 1190. The van der Waals surface area contributed by atoms with E-state index in [0.717, 1.165) is 23.3 Å². The molecule has 178 valence electrons. The molecule has 2 N–H and O–H groups in total. The maximum Gasteiger partial charge on any atom is 0.218 e. The van der Waals surface area contributed by atoms with Crippen molar-refractivity contribution >= 4 is 34.6 Å². The average molecular weight is 479 g/mol. The number of imidazole rings is 1. The first-order valence-electron chi connectivity index (χ1n) is 11.2. The number of aliphatic hydroxyl groups excluding tert-OH is 1. The number of aliphatic imine (C=N–C) groups is 2. The summed E-state index contributed by atoms with van der Waals surface area (Å²) in [5, 5.41) is 13.5. The van der Waals surface area contributed by atoms with Crippen molar-refractivity contribution in [3.05, 3.63) is 28.8 Å². The molecule has 2 aromatic rings. The number of nitrogens with zero attached hydrogens (tertiary/aromatic N) is 5. The van der Waals surface area contributed by atoms with Crippen LogP contribution in [0.1, 0.15) is 49.7 Å². The second-order valence-corrected chi connectivity index (χ2v) is 10.1. The molecule has 0 aliphatic carbocycles. The minimum Gasteiger partial charge on any atom is -0.390 e. The van der Waals surface area contributed by atoms with Crippen LogP contribution in [0.4, 0.5) is 8.78 Å². The van der Waals surface area contributed by atoms with E-state index in [-0.39, 0.29) is 48.7 Å². The number of aliphatic hydroxyl groups is 1. The van der Waals surface area contributed by atoms with Crippen molar-refractivity contribution in [2.24, 2.45) is 9.98 Å². The molecule has 4 heterocycles. The van der Waals surface area contributed by atoms with Gasteiger partial charge in [0, 0.05) is 24.7 Å². The number of hydrogen-bond acceptors (Lipinski definition) is 6. The van der Waals surface area contributed by atoms with Crippen LogP contribution in [0.5, 0.6) is 0 Å². The molecule has 0 saturated carbocycles. The fourth-order valence-electron chi connectivity index (χ4n) is 5.19. The number of benzene rings is 1. The number of aryl methyl sites for hydroxylation is 2. The van der Waals surface area contributed by atoms with Gasteiger partial charge < -0.3 is 15.0 Å². The van der Waals surface area contributed by atoms with Gasteiger partial charge in [-0.15, -0.1) is 0 Å². The lowest BCUT2D eigenvalue weighted by molar-refractivity contribution is 0.0828. The standard InChI is InChI=1S/C22H28F2N6O2S/c1-11-4-5-13-14(8-15(23)18-19(13)30(11)12(2)26-18)20-22(3,24)10-25-21(28-20)27-16-6-7-29(33-32)9-17(16)31/h8,11,16-17,31,33H,4-7,9-10H2,1-3H3,(H,25,27)/t11-,16-,17-,22?/m1/s1. The second kappa shape index (κ2) is 8.21. The molecule has 1 fully saturated rings. The monoisotopic (exact) mass is 478 g/mol. The van der Waals surface area contributed by atoms with Crippen molar-refractivity contribution in [1.82, 2.24) is 19.2 Å². The van der Waals surface area contributed by atoms with Crippen LogP contribution in [-0.4, -0.2) is 72.3 Å². The van der Waals surface area contributed by atoms with Gasteiger partial charge in [-0.2, -0.15) is 0 Å². The van der Waals surface area contributed by atoms with Crippen molar-refractivity contribution in [2.75, 3.05) is 19.6 Å². The van der Waals surface area contributed by atoms with E-state index >= 15 is 8.78 Å². The van der Waals surface area contributed by atoms with E-state index in [9.17, 15) is 9.32 Å². The Labute approximate surface area is 194 Å². The molecule has 3 aliphatic rings. The summed E-state index contributed by atoms with van der Waals surface area (Å²) in [6.45, 7) is 5.99. The summed E-state index contributed by atoms with van der Waals surface area (Å²) in [6.07, 6.45) is 1.29. The number of β-amino-alcohol motifs (C(OH)–C–C–N with tert-alkyl or cyclic N) is 1. The Morgan fingerprint density at radius 3 is 2.88 bits per heavy atom. The van der Waals surface area contributed by atoms with E-state index < -0.39 is 17.6 Å². The Morgan fingerprint density at radius 1 is 1.36 bits per heavy atom. The number of guanidine groups is 1. The van der Waals surface area contributed by atoms with Crippen LogP contribution < -0.4 is 5.32 Å². The highest BCUT2D eigenvalue weighted by atomic mass is 32.2. The molecule has 33 heavy (non-hydrogen) atoms. The topological polar surface area (TPSA) is 95.1 Å².